The van der Waals surface area contributed by atoms with Crippen molar-refractivity contribution in [2.45, 2.75) is 123 Å². The predicted octanol–water partition coefficient (Wildman–Crippen LogP) is 6.51. The van der Waals surface area contributed by atoms with Crippen molar-refractivity contribution >= 4 is 65.0 Å². The highest BCUT2D eigenvalue weighted by Gasteiger charge is 2.40. The number of allylic oxidation sites excluding steroid dienone is 5. The Morgan fingerprint density at radius 3 is 2.39 bits per heavy atom. The summed E-state index contributed by atoms with van der Waals surface area (Å²) in [5.74, 6) is -0.714. The van der Waals surface area contributed by atoms with Crippen LogP contribution in [0.4, 0.5) is 4.79 Å². The Hall–Kier alpha value is -4.83. The highest BCUT2D eigenvalue weighted by molar-refractivity contribution is 8.00. The van der Waals surface area contributed by atoms with Crippen LogP contribution in [0.2, 0.25) is 0 Å². The summed E-state index contributed by atoms with van der Waals surface area (Å²) in [5, 5.41) is 11.0. The molecule has 4 N–H and O–H groups in total. The number of esters is 1. The van der Waals surface area contributed by atoms with E-state index in [-0.39, 0.29) is 60.2 Å². The zero-order chi connectivity index (χ0) is 47.4. The van der Waals surface area contributed by atoms with E-state index < -0.39 is 46.7 Å². The number of hydrogen-bond acceptors (Lipinski definition) is 11. The van der Waals surface area contributed by atoms with E-state index in [1.54, 1.807) is 44.4 Å². The third kappa shape index (κ3) is 18.3. The summed E-state index contributed by atoms with van der Waals surface area (Å²) >= 11 is 7.47. The van der Waals surface area contributed by atoms with Gasteiger partial charge >= 0.3 is 12.1 Å². The number of hydrogen-bond donors (Lipinski definition) is 4. The second-order valence-electron chi connectivity index (χ2n) is 17.5. The third-order valence-electron chi connectivity index (χ3n) is 11.2. The summed E-state index contributed by atoms with van der Waals surface area (Å²) in [7, 11) is 3.07. The fourth-order valence-electron chi connectivity index (χ4n) is 7.49. The van der Waals surface area contributed by atoms with E-state index in [9.17, 15) is 33.6 Å². The number of nitrogens with zero attached hydrogens (tertiary/aromatic N) is 1. The zero-order valence-electron chi connectivity index (χ0n) is 38.5. The number of carbonyl (C=O) groups is 7. The van der Waals surface area contributed by atoms with Crippen LogP contribution < -0.4 is 21.3 Å². The molecular formula is C47H68ClN5O10S. The number of carbonyl (C=O) groups excluding carboxylic acids is 7. The molecule has 0 bridgehead atoms. The maximum atomic E-state index is 13.3. The molecule has 0 aromatic rings. The second kappa shape index (κ2) is 26.8. The molecule has 64 heavy (non-hydrogen) atoms. The van der Waals surface area contributed by atoms with Gasteiger partial charge in [0.1, 0.15) is 18.2 Å². The first-order valence-electron chi connectivity index (χ1n) is 22.0. The molecule has 2 aliphatic heterocycles. The van der Waals surface area contributed by atoms with Crippen molar-refractivity contribution in [2.24, 2.45) is 23.2 Å². The lowest BCUT2D eigenvalue weighted by Gasteiger charge is -2.29. The third-order valence-corrected chi connectivity index (χ3v) is 12.6. The normalized spacial score (nSPS) is 22.5. The number of likely N-dealkylation sites (tertiary alicyclic amines) is 1. The maximum Gasteiger partial charge on any atom is 0.407 e. The number of nitrogens with one attached hydrogen (secondary N) is 4. The van der Waals surface area contributed by atoms with Gasteiger partial charge in [-0.15, -0.1) is 11.8 Å². The van der Waals surface area contributed by atoms with E-state index in [0.717, 1.165) is 31.3 Å². The van der Waals surface area contributed by atoms with Crippen molar-refractivity contribution in [1.29, 1.82) is 0 Å². The van der Waals surface area contributed by atoms with Gasteiger partial charge in [0.25, 0.3) is 0 Å². The topological polar surface area (TPSA) is 199 Å². The summed E-state index contributed by atoms with van der Waals surface area (Å²) < 4.78 is 16.1. The van der Waals surface area contributed by atoms with E-state index >= 15 is 0 Å². The van der Waals surface area contributed by atoms with Gasteiger partial charge in [0.05, 0.1) is 12.4 Å². The van der Waals surface area contributed by atoms with Crippen LogP contribution in [0.25, 0.3) is 0 Å². The van der Waals surface area contributed by atoms with Crippen LogP contribution in [0.1, 0.15) is 99.3 Å². The molecule has 0 spiro atoms. The molecule has 15 nitrogen and oxygen atoms in total. The molecule has 1 saturated heterocycles. The van der Waals surface area contributed by atoms with Gasteiger partial charge < -0.3 is 35.5 Å². The van der Waals surface area contributed by atoms with E-state index in [1.165, 1.54) is 36.0 Å². The molecule has 0 aromatic heterocycles. The average molecular weight is 931 g/mol. The number of ether oxygens (including phenoxy) is 3. The first-order valence-corrected chi connectivity index (χ1v) is 23.4. The Bertz CT molecular complexity index is 1840. The number of methoxy groups -OCH3 is 1. The molecule has 2 fully saturated rings. The van der Waals surface area contributed by atoms with E-state index in [4.69, 9.17) is 25.8 Å². The number of halogens is 1. The van der Waals surface area contributed by atoms with E-state index in [1.807, 2.05) is 46.8 Å². The first kappa shape index (κ1) is 53.5. The quantitative estimate of drug-likeness (QED) is 0.0304. The van der Waals surface area contributed by atoms with Crippen molar-refractivity contribution in [3.8, 4) is 0 Å². The number of imide groups is 1. The van der Waals surface area contributed by atoms with Gasteiger partial charge in [-0.25, -0.2) is 9.59 Å². The van der Waals surface area contributed by atoms with Crippen LogP contribution in [0.15, 0.2) is 71.2 Å². The van der Waals surface area contributed by atoms with Crippen molar-refractivity contribution in [1.82, 2.24) is 26.2 Å². The van der Waals surface area contributed by atoms with E-state index in [0.29, 0.717) is 43.1 Å². The molecule has 1 saturated carbocycles. The van der Waals surface area contributed by atoms with Crippen LogP contribution in [0, 0.1) is 23.2 Å². The Morgan fingerprint density at radius 1 is 1.05 bits per heavy atom. The van der Waals surface area contributed by atoms with Crippen molar-refractivity contribution in [3.63, 3.8) is 0 Å². The summed E-state index contributed by atoms with van der Waals surface area (Å²) in [6.07, 6.45) is 18.5. The lowest BCUT2D eigenvalue weighted by Crippen LogP contribution is -2.52. The highest BCUT2D eigenvalue weighted by Crippen LogP contribution is 2.33. The molecule has 17 heteroatoms. The number of rotatable bonds is 22. The van der Waals surface area contributed by atoms with Crippen LogP contribution in [0.3, 0.4) is 0 Å². The zero-order valence-corrected chi connectivity index (χ0v) is 40.1. The summed E-state index contributed by atoms with van der Waals surface area (Å²) in [6, 6.07) is -0.872. The number of amides is 6. The number of thioether (sulfide) groups is 1. The Kier molecular flexibility index (Phi) is 22.4. The van der Waals surface area contributed by atoms with Crippen LogP contribution >= 0.6 is 23.4 Å². The average Bonchev–Trinajstić information content (AvgIpc) is 3.51. The summed E-state index contributed by atoms with van der Waals surface area (Å²) in [4.78, 5) is 90.0. The second-order valence-corrected chi connectivity index (χ2v) is 19.4. The molecule has 6 amide bonds. The largest absolute Gasteiger partial charge is 0.490 e. The molecule has 1 aliphatic carbocycles. The number of cyclic esters (lactones) is 1. The Morgan fingerprint density at radius 2 is 1.75 bits per heavy atom. The van der Waals surface area contributed by atoms with Gasteiger partial charge in [-0.3, -0.25) is 28.9 Å². The Balaban J connectivity index is 1.41. The minimum absolute atomic E-state index is 0.00717. The van der Waals surface area contributed by atoms with Crippen molar-refractivity contribution in [2.75, 3.05) is 33.0 Å². The van der Waals surface area contributed by atoms with Crippen LogP contribution in [-0.4, -0.2) is 103 Å². The van der Waals surface area contributed by atoms with Gasteiger partial charge in [-0.2, -0.15) is 0 Å². The standard InChI is InChI=1S/C47H68ClN5O10S/c1-30(27-31(2)36-22-23-37(61-8)45(59)63-36)13-9-10-15-39(54)52-41(47(4,5)6)43(57)50-24-11-14-35(21-16-32(3)48)62-46(60)51-25-12-26-64-38-28-40(55)53(44(38)58)29-33-17-19-34(20-18-33)42(56)49-7/h9-11,13,15-16,23-24,27,31,33-36,38,41H,12,14,17-22,25-26,28-29H2,1-8H3,(H,49,56)(H,50,57)(H,51,60)(H,52,54)/b13-9-,15-10-,24-11-,30-27+,32-16+/t31-,33?,34?,35+,36-,38?,41+/m0/s1. The molecule has 3 rings (SSSR count). The molecule has 0 aromatic carbocycles. The summed E-state index contributed by atoms with van der Waals surface area (Å²) in [6.45, 7) is 11.8. The van der Waals surface area contributed by atoms with Crippen molar-refractivity contribution in [3.05, 3.63) is 71.2 Å². The first-order chi connectivity index (χ1) is 30.3. The van der Waals surface area contributed by atoms with Crippen molar-refractivity contribution < 1.29 is 47.8 Å². The fourth-order valence-corrected chi connectivity index (χ4v) is 8.70. The lowest BCUT2D eigenvalue weighted by atomic mass is 9.81. The van der Waals surface area contributed by atoms with Gasteiger partial charge in [-0.1, -0.05) is 81.3 Å². The molecule has 5 atom stereocenters. The van der Waals surface area contributed by atoms with E-state index in [2.05, 4.69) is 21.3 Å². The smallest absolute Gasteiger partial charge is 0.407 e. The highest BCUT2D eigenvalue weighted by atomic mass is 35.5. The fraction of sp³-hybridized carbons (Fsp3) is 0.596. The molecule has 0 radical (unpaired) electrons. The van der Waals surface area contributed by atoms with Gasteiger partial charge in [0.2, 0.25) is 29.5 Å². The molecular weight excluding hydrogens is 862 g/mol. The minimum Gasteiger partial charge on any atom is -0.490 e. The van der Waals surface area contributed by atoms with Gasteiger partial charge in [0, 0.05) is 68.8 Å². The molecule has 1 unspecified atom stereocenters. The molecule has 3 aliphatic rings. The minimum atomic E-state index is -0.872. The van der Waals surface area contributed by atoms with Gasteiger partial charge in [-0.05, 0) is 75.3 Å². The Labute approximate surface area is 387 Å². The maximum absolute atomic E-state index is 13.3. The van der Waals surface area contributed by atoms with Gasteiger partial charge in [0.15, 0.2) is 5.76 Å². The van der Waals surface area contributed by atoms with Crippen LogP contribution in [-0.2, 0) is 43.0 Å². The SMILES string of the molecule is CNC(=O)C1CCC(CN2C(=O)CC(SCCCNC(=O)O[C@H](C/C=C\NC(=O)[C@@H](NC(=O)\C=C/C=C\C(C)=C\[C@H](C)[C@@H]3CC=C(OC)C(=O)O3)C(C)(C)C)C/C=C(\C)Cl)C2=O)CC1. The molecule has 2 heterocycles. The monoisotopic (exact) mass is 929 g/mol. The number of alkyl carbamates (subject to hydrolysis) is 1. The predicted molar refractivity (Wildman–Crippen MR) is 248 cm³/mol. The van der Waals surface area contributed by atoms with Crippen LogP contribution in [0.5, 0.6) is 0 Å². The summed E-state index contributed by atoms with van der Waals surface area (Å²) in [5.41, 5.74) is 0.290. The lowest BCUT2D eigenvalue weighted by molar-refractivity contribution is -0.151. The molecule has 354 valence electrons.